The third kappa shape index (κ3) is 4.84. The molecule has 47 heavy (non-hydrogen) atoms. The van der Waals surface area contributed by atoms with Gasteiger partial charge in [-0.15, -0.1) is 0 Å². The van der Waals surface area contributed by atoms with Crippen LogP contribution in [-0.4, -0.2) is 15.0 Å². The van der Waals surface area contributed by atoms with E-state index in [1.165, 1.54) is 24.3 Å². The second-order valence-corrected chi connectivity index (χ2v) is 10.0. The molecule has 4 nitrogen and oxygen atoms in total. The Kier molecular flexibility index (Phi) is 3.13. The molecule has 0 saturated carbocycles. The van der Waals surface area contributed by atoms with E-state index in [1.807, 2.05) is 0 Å². The van der Waals surface area contributed by atoms with Crippen molar-refractivity contribution in [2.75, 3.05) is 0 Å². The van der Waals surface area contributed by atoms with Crippen LogP contribution in [0.4, 0.5) is 0 Å². The fraction of sp³-hybridized carbons (Fsp3) is 0. The molecule has 7 aromatic carbocycles. The summed E-state index contributed by atoms with van der Waals surface area (Å²) >= 11 is 0. The maximum absolute atomic E-state index is 9.55. The highest BCUT2D eigenvalue weighted by Crippen LogP contribution is 2.42. The number of rotatable bonds is 5. The Morgan fingerprint density at radius 3 is 2.09 bits per heavy atom. The van der Waals surface area contributed by atoms with Gasteiger partial charge in [-0.2, -0.15) is 0 Å². The van der Waals surface area contributed by atoms with E-state index in [0.29, 0.717) is 0 Å². The minimum absolute atomic E-state index is 0.0192. The summed E-state index contributed by atoms with van der Waals surface area (Å²) < 4.78 is 189. The van der Waals surface area contributed by atoms with E-state index in [1.54, 1.807) is 0 Å². The summed E-state index contributed by atoms with van der Waals surface area (Å²) in [5.41, 5.74) is -3.17. The molecule has 0 aliphatic rings. The molecule has 0 unspecified atom stereocenters. The second-order valence-electron chi connectivity index (χ2n) is 10.0. The Hall–Kier alpha value is -6.39. The van der Waals surface area contributed by atoms with Crippen LogP contribution in [0.2, 0.25) is 0 Å². The van der Waals surface area contributed by atoms with Gasteiger partial charge < -0.3 is 4.42 Å². The van der Waals surface area contributed by atoms with Gasteiger partial charge in [-0.05, 0) is 57.7 Å². The molecule has 0 bridgehead atoms. The van der Waals surface area contributed by atoms with Crippen molar-refractivity contribution in [2.45, 2.75) is 0 Å². The number of aromatic nitrogens is 3. The molecule has 9 rings (SSSR count). The van der Waals surface area contributed by atoms with Crippen molar-refractivity contribution >= 4 is 32.7 Å². The van der Waals surface area contributed by atoms with Crippen LogP contribution in [0.15, 0.2) is 168 Å². The number of benzene rings is 7. The molecule has 2 heterocycles. The molecule has 0 radical (unpaired) electrons. The predicted octanol–water partition coefficient (Wildman–Crippen LogP) is 11.3. The first-order valence-electron chi connectivity index (χ1n) is 24.5. The Morgan fingerprint density at radius 2 is 1.19 bits per heavy atom. The monoisotopic (exact) mass is 622 g/mol. The van der Waals surface area contributed by atoms with Crippen molar-refractivity contribution in [1.29, 1.82) is 0 Å². The molecular weight excluding hydrogens is 574 g/mol. The first-order valence-corrected chi connectivity index (χ1v) is 14.0. The maximum atomic E-state index is 9.55. The molecule has 0 atom stereocenters. The Balaban J connectivity index is 1.46. The second kappa shape index (κ2) is 11.2. The van der Waals surface area contributed by atoms with Crippen LogP contribution in [0.25, 0.3) is 89.1 Å². The first-order chi connectivity index (χ1) is 32.0. The molecule has 0 saturated heterocycles. The van der Waals surface area contributed by atoms with Gasteiger partial charge in [0.25, 0.3) is 0 Å². The average molecular weight is 623 g/mol. The van der Waals surface area contributed by atoms with Crippen LogP contribution in [0, 0.1) is 0 Å². The molecule has 0 aliphatic carbocycles. The minimum atomic E-state index is -0.823. The summed E-state index contributed by atoms with van der Waals surface area (Å²) in [7, 11) is 0. The molecule has 0 fully saturated rings. The van der Waals surface area contributed by atoms with Crippen LogP contribution in [0.1, 0.15) is 28.8 Å². The predicted molar refractivity (Wildman–Crippen MR) is 192 cm³/mol. The smallest absolute Gasteiger partial charge is 0.164 e. The van der Waals surface area contributed by atoms with E-state index in [0.717, 1.165) is 12.1 Å². The van der Waals surface area contributed by atoms with Gasteiger partial charge in [-0.3, -0.25) is 0 Å². The van der Waals surface area contributed by atoms with E-state index in [4.69, 9.17) is 29.1 Å². The molecule has 0 N–H and O–H groups in total. The van der Waals surface area contributed by atoms with Gasteiger partial charge in [0.15, 0.2) is 17.5 Å². The zero-order valence-corrected chi connectivity index (χ0v) is 23.7. The third-order valence-corrected chi connectivity index (χ3v) is 7.26. The van der Waals surface area contributed by atoms with E-state index in [-0.39, 0.29) is 55.4 Å². The van der Waals surface area contributed by atoms with E-state index < -0.39 is 161 Å². The molecule has 0 aliphatic heterocycles. The number of fused-ring (bicyclic) bond motifs is 4. The van der Waals surface area contributed by atoms with Gasteiger partial charge in [-0.1, -0.05) is 133 Å². The van der Waals surface area contributed by atoms with Gasteiger partial charge in [0.05, 0.1) is 28.8 Å². The van der Waals surface area contributed by atoms with Crippen LogP contribution in [-0.2, 0) is 0 Å². The fourth-order valence-corrected chi connectivity index (χ4v) is 5.18. The van der Waals surface area contributed by atoms with Gasteiger partial charge in [-0.25, -0.2) is 15.0 Å². The number of hydrogen-bond acceptors (Lipinski definition) is 4. The summed E-state index contributed by atoms with van der Waals surface area (Å²) in [6.07, 6.45) is 0. The lowest BCUT2D eigenvalue weighted by molar-refractivity contribution is 0.669. The number of hydrogen-bond donors (Lipinski definition) is 0. The molecule has 2 aromatic heterocycles. The van der Waals surface area contributed by atoms with Crippen molar-refractivity contribution in [3.8, 4) is 56.4 Å². The Bertz CT molecular complexity index is 3750. The topological polar surface area (TPSA) is 51.8 Å². The van der Waals surface area contributed by atoms with Crippen LogP contribution >= 0.6 is 0 Å². The standard InChI is InChI=1S/C43H27N3O/c1-3-13-29(14-4-1)39-36(24-25-38-40(39)35-20-9-10-21-37(35)47-38)43-45-41(30-15-5-2-6-16-30)44-42(46-43)34-19-11-18-32(27-34)33-23-22-28-12-7-8-17-31(28)26-33/h1-27H/i1D,2D,3D,4D,5D,6D,7D,8D,10D,11D,12D,13D,14D,15D,17D,18D,19D,22D,24D,25D,27D. The zero-order chi connectivity index (χ0) is 49.4. The lowest BCUT2D eigenvalue weighted by Gasteiger charge is -2.14. The van der Waals surface area contributed by atoms with Crippen LogP contribution in [0.5, 0.6) is 0 Å². The van der Waals surface area contributed by atoms with E-state index >= 15 is 0 Å². The van der Waals surface area contributed by atoms with Crippen molar-refractivity contribution in [2.24, 2.45) is 0 Å². The molecule has 9 aromatic rings. The summed E-state index contributed by atoms with van der Waals surface area (Å²) in [5.74, 6) is -1.91. The molecular formula is C43H27N3O. The molecule has 4 heteroatoms. The summed E-state index contributed by atoms with van der Waals surface area (Å²) in [6, 6.07) is -6.25. The number of para-hydroxylation sites is 1. The maximum Gasteiger partial charge on any atom is 0.164 e. The summed E-state index contributed by atoms with van der Waals surface area (Å²) in [6.45, 7) is 0. The highest BCUT2D eigenvalue weighted by molar-refractivity contribution is 6.15. The Morgan fingerprint density at radius 1 is 0.468 bits per heavy atom. The summed E-state index contributed by atoms with van der Waals surface area (Å²) in [5, 5.41) is -0.224. The lowest BCUT2D eigenvalue weighted by atomic mass is 9.94. The van der Waals surface area contributed by atoms with Crippen molar-refractivity contribution < 1.29 is 33.2 Å². The largest absolute Gasteiger partial charge is 0.456 e. The highest BCUT2D eigenvalue weighted by atomic mass is 16.3. The third-order valence-electron chi connectivity index (χ3n) is 7.26. The number of furan rings is 1. The number of nitrogens with zero attached hydrogens (tertiary/aromatic N) is 3. The van der Waals surface area contributed by atoms with Crippen molar-refractivity contribution in [1.82, 2.24) is 15.0 Å². The van der Waals surface area contributed by atoms with E-state index in [2.05, 4.69) is 15.0 Å². The minimum Gasteiger partial charge on any atom is -0.456 e. The zero-order valence-electron chi connectivity index (χ0n) is 44.7. The summed E-state index contributed by atoms with van der Waals surface area (Å²) in [4.78, 5) is 13.6. The van der Waals surface area contributed by atoms with Gasteiger partial charge in [0.1, 0.15) is 11.2 Å². The highest BCUT2D eigenvalue weighted by Gasteiger charge is 2.21. The van der Waals surface area contributed by atoms with Crippen LogP contribution in [0.3, 0.4) is 0 Å². The molecule has 0 amide bonds. The average Bonchev–Trinajstić information content (AvgIpc) is 3.68. The van der Waals surface area contributed by atoms with Crippen LogP contribution < -0.4 is 0 Å². The lowest BCUT2D eigenvalue weighted by Crippen LogP contribution is -2.01. The van der Waals surface area contributed by atoms with E-state index in [9.17, 15) is 4.11 Å². The normalized spacial score (nSPS) is 17.7. The quantitative estimate of drug-likeness (QED) is 0.192. The van der Waals surface area contributed by atoms with Gasteiger partial charge in [0, 0.05) is 33.0 Å². The van der Waals surface area contributed by atoms with Gasteiger partial charge >= 0.3 is 0 Å². The fourth-order valence-electron chi connectivity index (χ4n) is 5.18. The first kappa shape index (κ1) is 13.1. The SMILES string of the molecule is [2H]c1ccc2c(c1)oc1c([2H])c([2H])c(-c3nc(-c4cc([2H])c([2H])c([2H])c4[2H])nc(-c4c([2H])c([2H])c([2H])c(-c5cc([2H])c6c([2H])c([2H])c([2H])c([2H])c6c5)c4[2H])n3)c(-c3c([2H])c([2H])c([2H])c([2H])c3[2H])c12. The Labute approximate surface area is 301 Å². The van der Waals surface area contributed by atoms with Crippen molar-refractivity contribution in [3.63, 3.8) is 0 Å². The molecule has 220 valence electrons. The molecule has 0 spiro atoms. The van der Waals surface area contributed by atoms with Crippen molar-refractivity contribution in [3.05, 3.63) is 163 Å². The van der Waals surface area contributed by atoms with Gasteiger partial charge in [0.2, 0.25) is 0 Å².